The van der Waals surface area contributed by atoms with Gasteiger partial charge in [0.15, 0.2) is 0 Å². The van der Waals surface area contributed by atoms with Crippen LogP contribution in [0.4, 0.5) is 19.3 Å². The molecule has 0 saturated heterocycles. The molecule has 0 aromatic heterocycles. The Morgan fingerprint density at radius 2 is 1.71 bits per heavy atom. The molecule has 1 amide bonds. The Balaban J connectivity index is 2.02. The van der Waals surface area contributed by atoms with Gasteiger partial charge in [0.2, 0.25) is 0 Å². The maximum Gasteiger partial charge on any atom is 0.412 e. The number of hydrogen-bond donors (Lipinski definition) is 1. The molecule has 0 atom stereocenters. The third kappa shape index (κ3) is 5.22. The molecule has 0 heterocycles. The molecule has 2 aromatic rings. The summed E-state index contributed by atoms with van der Waals surface area (Å²) in [6.45, 7) is 5.02. The maximum absolute atomic E-state index is 13.6. The van der Waals surface area contributed by atoms with Gasteiger partial charge in [0.1, 0.15) is 29.6 Å². The van der Waals surface area contributed by atoms with E-state index in [0.29, 0.717) is 11.4 Å². The van der Waals surface area contributed by atoms with Crippen molar-refractivity contribution in [1.29, 1.82) is 0 Å². The number of ether oxygens (including phenoxy) is 2. The fourth-order valence-corrected chi connectivity index (χ4v) is 1.91. The summed E-state index contributed by atoms with van der Waals surface area (Å²) in [4.78, 5) is 11.7. The Hall–Kier alpha value is -2.63. The quantitative estimate of drug-likeness (QED) is 0.865. The van der Waals surface area contributed by atoms with Crippen molar-refractivity contribution in [2.45, 2.75) is 33.0 Å². The summed E-state index contributed by atoms with van der Waals surface area (Å²) < 4.78 is 37.7. The zero-order valence-electron chi connectivity index (χ0n) is 13.7. The minimum absolute atomic E-state index is 0.150. The summed E-state index contributed by atoms with van der Waals surface area (Å²) in [6, 6.07) is 10.1. The van der Waals surface area contributed by atoms with Gasteiger partial charge in [-0.2, -0.15) is 0 Å². The molecule has 0 aliphatic heterocycles. The molecular formula is C18H19F2NO3. The number of hydrogen-bond acceptors (Lipinski definition) is 3. The average Bonchev–Trinajstić information content (AvgIpc) is 2.45. The van der Waals surface area contributed by atoms with Crippen molar-refractivity contribution >= 4 is 11.8 Å². The molecule has 4 nitrogen and oxygen atoms in total. The van der Waals surface area contributed by atoms with Gasteiger partial charge >= 0.3 is 6.09 Å². The van der Waals surface area contributed by atoms with Crippen LogP contribution in [0.25, 0.3) is 0 Å². The monoisotopic (exact) mass is 335 g/mol. The second-order valence-corrected chi connectivity index (χ2v) is 6.14. The van der Waals surface area contributed by atoms with Crippen LogP contribution in [0.1, 0.15) is 26.3 Å². The summed E-state index contributed by atoms with van der Waals surface area (Å²) in [6.07, 6.45) is -0.597. The third-order valence-electron chi connectivity index (χ3n) is 2.92. The van der Waals surface area contributed by atoms with E-state index in [-0.39, 0.29) is 12.2 Å². The van der Waals surface area contributed by atoms with Crippen LogP contribution in [0.15, 0.2) is 42.5 Å². The van der Waals surface area contributed by atoms with E-state index in [1.165, 1.54) is 18.2 Å². The van der Waals surface area contributed by atoms with Crippen LogP contribution in [0.3, 0.4) is 0 Å². The SMILES string of the molecule is CC(C)(C)OC(=O)Nc1cccc(OCc2c(F)cccc2F)c1. The smallest absolute Gasteiger partial charge is 0.412 e. The van der Waals surface area contributed by atoms with E-state index < -0.39 is 23.3 Å². The second-order valence-electron chi connectivity index (χ2n) is 6.14. The lowest BCUT2D eigenvalue weighted by Gasteiger charge is -2.19. The van der Waals surface area contributed by atoms with Crippen LogP contribution in [0.5, 0.6) is 5.75 Å². The van der Waals surface area contributed by atoms with E-state index in [4.69, 9.17) is 9.47 Å². The normalized spacial score (nSPS) is 11.0. The number of amides is 1. The Morgan fingerprint density at radius 1 is 1.08 bits per heavy atom. The van der Waals surface area contributed by atoms with Gasteiger partial charge in [0.05, 0.1) is 5.56 Å². The van der Waals surface area contributed by atoms with E-state index in [1.807, 2.05) is 0 Å². The molecule has 2 rings (SSSR count). The summed E-state index contributed by atoms with van der Waals surface area (Å²) >= 11 is 0. The molecule has 0 radical (unpaired) electrons. The van der Waals surface area contributed by atoms with E-state index >= 15 is 0 Å². The fourth-order valence-electron chi connectivity index (χ4n) is 1.91. The molecule has 0 aliphatic rings. The first-order valence-electron chi connectivity index (χ1n) is 7.40. The molecule has 0 aliphatic carbocycles. The highest BCUT2D eigenvalue weighted by Gasteiger charge is 2.16. The predicted octanol–water partition coefficient (Wildman–Crippen LogP) is 4.89. The van der Waals surface area contributed by atoms with Gasteiger partial charge in [-0.3, -0.25) is 5.32 Å². The summed E-state index contributed by atoms with van der Waals surface area (Å²) in [5.74, 6) is -0.970. The number of halogens is 2. The first-order chi connectivity index (χ1) is 11.2. The molecule has 0 bridgehead atoms. The molecule has 0 spiro atoms. The molecule has 6 heteroatoms. The largest absolute Gasteiger partial charge is 0.489 e. The standard InChI is InChI=1S/C18H19F2NO3/c1-18(2,3)24-17(22)21-12-6-4-7-13(10-12)23-11-14-15(19)8-5-9-16(14)20/h4-10H,11H2,1-3H3,(H,21,22). The Morgan fingerprint density at radius 3 is 2.33 bits per heavy atom. The lowest BCUT2D eigenvalue weighted by Crippen LogP contribution is -2.27. The summed E-state index contributed by atoms with van der Waals surface area (Å²) in [5.41, 5.74) is -0.306. The number of rotatable bonds is 4. The molecule has 24 heavy (non-hydrogen) atoms. The van der Waals surface area contributed by atoms with Crippen molar-refractivity contribution in [3.05, 3.63) is 59.7 Å². The first-order valence-corrected chi connectivity index (χ1v) is 7.40. The first kappa shape index (κ1) is 17.7. The predicted molar refractivity (Wildman–Crippen MR) is 87.0 cm³/mol. The van der Waals surface area contributed by atoms with Gasteiger partial charge in [-0.25, -0.2) is 13.6 Å². The zero-order valence-corrected chi connectivity index (χ0v) is 13.7. The van der Waals surface area contributed by atoms with E-state index in [9.17, 15) is 13.6 Å². The van der Waals surface area contributed by atoms with Crippen molar-refractivity contribution in [2.75, 3.05) is 5.32 Å². The lowest BCUT2D eigenvalue weighted by molar-refractivity contribution is 0.0636. The summed E-state index contributed by atoms with van der Waals surface area (Å²) in [7, 11) is 0. The van der Waals surface area contributed by atoms with Crippen LogP contribution in [-0.2, 0) is 11.3 Å². The zero-order chi connectivity index (χ0) is 17.7. The van der Waals surface area contributed by atoms with Gasteiger partial charge in [-0.1, -0.05) is 12.1 Å². The van der Waals surface area contributed by atoms with Gasteiger partial charge < -0.3 is 9.47 Å². The Kier molecular flexibility index (Phi) is 5.39. The lowest BCUT2D eigenvalue weighted by atomic mass is 10.2. The van der Waals surface area contributed by atoms with E-state index in [2.05, 4.69) is 5.32 Å². The van der Waals surface area contributed by atoms with Crippen molar-refractivity contribution in [1.82, 2.24) is 0 Å². The van der Waals surface area contributed by atoms with Crippen molar-refractivity contribution < 1.29 is 23.0 Å². The van der Waals surface area contributed by atoms with Gasteiger partial charge in [0.25, 0.3) is 0 Å². The fraction of sp³-hybridized carbons (Fsp3) is 0.278. The second kappa shape index (κ2) is 7.29. The van der Waals surface area contributed by atoms with E-state index in [1.54, 1.807) is 45.0 Å². The molecule has 0 fully saturated rings. The van der Waals surface area contributed by atoms with Crippen LogP contribution in [0, 0.1) is 11.6 Å². The topological polar surface area (TPSA) is 47.6 Å². The number of carbonyl (C=O) groups excluding carboxylic acids is 1. The van der Waals surface area contributed by atoms with Crippen molar-refractivity contribution in [3.8, 4) is 5.75 Å². The van der Waals surface area contributed by atoms with Gasteiger partial charge in [-0.15, -0.1) is 0 Å². The maximum atomic E-state index is 13.6. The highest BCUT2D eigenvalue weighted by molar-refractivity contribution is 5.85. The third-order valence-corrected chi connectivity index (χ3v) is 2.92. The van der Waals surface area contributed by atoms with E-state index in [0.717, 1.165) is 0 Å². The van der Waals surface area contributed by atoms with Crippen LogP contribution < -0.4 is 10.1 Å². The molecule has 0 saturated carbocycles. The van der Waals surface area contributed by atoms with Crippen LogP contribution >= 0.6 is 0 Å². The highest BCUT2D eigenvalue weighted by Crippen LogP contribution is 2.21. The Labute approximate surface area is 139 Å². The Bertz CT molecular complexity index is 706. The minimum Gasteiger partial charge on any atom is -0.489 e. The average molecular weight is 335 g/mol. The molecule has 2 aromatic carbocycles. The number of carbonyl (C=O) groups is 1. The number of anilines is 1. The van der Waals surface area contributed by atoms with Gasteiger partial charge in [-0.05, 0) is 45.0 Å². The molecular weight excluding hydrogens is 316 g/mol. The molecule has 1 N–H and O–H groups in total. The highest BCUT2D eigenvalue weighted by atomic mass is 19.1. The van der Waals surface area contributed by atoms with Crippen molar-refractivity contribution in [3.63, 3.8) is 0 Å². The molecule has 128 valence electrons. The van der Waals surface area contributed by atoms with Crippen molar-refractivity contribution in [2.24, 2.45) is 0 Å². The number of benzene rings is 2. The van der Waals surface area contributed by atoms with Gasteiger partial charge in [0, 0.05) is 11.8 Å². The van der Waals surface area contributed by atoms with Crippen LogP contribution in [0.2, 0.25) is 0 Å². The van der Waals surface area contributed by atoms with Crippen LogP contribution in [-0.4, -0.2) is 11.7 Å². The summed E-state index contributed by atoms with van der Waals surface area (Å²) in [5, 5.41) is 2.57. The molecule has 0 unspecified atom stereocenters. The minimum atomic E-state index is -0.668. The number of nitrogens with one attached hydrogen (secondary N) is 1.